The van der Waals surface area contributed by atoms with Crippen LogP contribution < -0.4 is 15.5 Å². The summed E-state index contributed by atoms with van der Waals surface area (Å²) in [5.74, 6) is 0.220. The molecule has 1 aromatic heterocycles. The number of anilines is 1. The summed E-state index contributed by atoms with van der Waals surface area (Å²) in [6, 6.07) is 15.5. The lowest BCUT2D eigenvalue weighted by molar-refractivity contribution is -0.129. The van der Waals surface area contributed by atoms with Crippen molar-refractivity contribution in [3.8, 4) is 22.5 Å². The molecular formula is C37H52N6O4. The van der Waals surface area contributed by atoms with Gasteiger partial charge in [-0.25, -0.2) is 9.48 Å². The zero-order chi connectivity index (χ0) is 34.6. The molecule has 2 N–H and O–H groups in total. The Morgan fingerprint density at radius 3 is 2.19 bits per heavy atom. The predicted octanol–water partition coefficient (Wildman–Crippen LogP) is 6.77. The van der Waals surface area contributed by atoms with Crippen molar-refractivity contribution in [2.75, 3.05) is 18.1 Å². The number of fused-ring (bicyclic) bond motifs is 5. The summed E-state index contributed by atoms with van der Waals surface area (Å²) in [5.41, 5.74) is 3.84. The summed E-state index contributed by atoms with van der Waals surface area (Å²) >= 11 is 0. The minimum absolute atomic E-state index is 0.0230. The molecule has 1 aliphatic heterocycles. The number of aromatic nitrogens is 3. The van der Waals surface area contributed by atoms with Crippen LogP contribution in [0, 0.1) is 10.8 Å². The number of alkyl carbamates (subject to hydrolysis) is 1. The topological polar surface area (TPSA) is 118 Å². The smallest absolute Gasteiger partial charge is 0.407 e. The van der Waals surface area contributed by atoms with Crippen molar-refractivity contribution in [1.29, 1.82) is 0 Å². The summed E-state index contributed by atoms with van der Waals surface area (Å²) in [5, 5.41) is 15.3. The molecule has 1 atom stereocenters. The van der Waals surface area contributed by atoms with Crippen LogP contribution in [0.3, 0.4) is 0 Å². The molecule has 2 aromatic carbocycles. The third-order valence-electron chi connectivity index (χ3n) is 8.06. The van der Waals surface area contributed by atoms with E-state index in [0.29, 0.717) is 31.7 Å². The lowest BCUT2D eigenvalue weighted by atomic mass is 9.84. The number of hydrogen-bond donors (Lipinski definition) is 2. The Hall–Kier alpha value is -4.05. The molecule has 2 amide bonds. The normalized spacial score (nSPS) is 13.9. The molecule has 4 rings (SSSR count). The van der Waals surface area contributed by atoms with Crippen LogP contribution >= 0.6 is 0 Å². The van der Waals surface area contributed by atoms with Crippen molar-refractivity contribution in [2.45, 2.75) is 106 Å². The Balaban J connectivity index is 1.40. The predicted molar refractivity (Wildman–Crippen MR) is 186 cm³/mol. The van der Waals surface area contributed by atoms with E-state index in [0.717, 1.165) is 40.9 Å². The summed E-state index contributed by atoms with van der Waals surface area (Å²) < 4.78 is 7.30. The Morgan fingerprint density at radius 2 is 1.53 bits per heavy atom. The fraction of sp³-hybridized carbons (Fsp3) is 0.541. The third-order valence-corrected chi connectivity index (χ3v) is 8.06. The quantitative estimate of drug-likeness (QED) is 0.234. The fourth-order valence-corrected chi connectivity index (χ4v) is 5.81. The van der Waals surface area contributed by atoms with Gasteiger partial charge in [0.2, 0.25) is 5.91 Å². The van der Waals surface area contributed by atoms with E-state index < -0.39 is 16.9 Å². The molecule has 10 heteroatoms. The first-order chi connectivity index (χ1) is 22.0. The van der Waals surface area contributed by atoms with Crippen LogP contribution in [-0.2, 0) is 27.4 Å². The summed E-state index contributed by atoms with van der Waals surface area (Å²) in [4.78, 5) is 41.0. The van der Waals surface area contributed by atoms with E-state index in [9.17, 15) is 14.4 Å². The van der Waals surface area contributed by atoms with Crippen molar-refractivity contribution in [2.24, 2.45) is 10.8 Å². The van der Waals surface area contributed by atoms with E-state index in [2.05, 4.69) is 41.7 Å². The molecule has 0 saturated heterocycles. The first-order valence-electron chi connectivity index (χ1n) is 16.6. The van der Waals surface area contributed by atoms with Crippen molar-refractivity contribution in [1.82, 2.24) is 25.6 Å². The third kappa shape index (κ3) is 9.06. The molecule has 0 saturated carbocycles. The number of para-hydroxylation sites is 1. The first kappa shape index (κ1) is 35.8. The van der Waals surface area contributed by atoms with Crippen LogP contribution in [0.2, 0.25) is 0 Å². The number of rotatable bonds is 10. The van der Waals surface area contributed by atoms with Crippen molar-refractivity contribution in [3.63, 3.8) is 0 Å². The highest BCUT2D eigenvalue weighted by atomic mass is 16.5. The number of ketones is 1. The molecule has 0 bridgehead atoms. The van der Waals surface area contributed by atoms with Gasteiger partial charge in [0, 0.05) is 34.0 Å². The minimum atomic E-state index is -0.573. The number of nitrogens with zero attached hydrogens (tertiary/aromatic N) is 4. The van der Waals surface area contributed by atoms with Gasteiger partial charge in [0.15, 0.2) is 5.78 Å². The van der Waals surface area contributed by atoms with Gasteiger partial charge in [-0.1, -0.05) is 89.2 Å². The number of Topliss-reactive ketones (excluding diaryl/α,β-unsaturated/α-hetero) is 1. The Bertz CT molecular complexity index is 1570. The van der Waals surface area contributed by atoms with Crippen LogP contribution in [-0.4, -0.2) is 57.5 Å². The molecule has 0 spiro atoms. The zero-order valence-electron chi connectivity index (χ0n) is 29.6. The maximum atomic E-state index is 13.6. The molecule has 10 nitrogen and oxygen atoms in total. The Labute approximate surface area is 279 Å². The van der Waals surface area contributed by atoms with Crippen molar-refractivity contribution >= 4 is 23.5 Å². The molecule has 47 heavy (non-hydrogen) atoms. The number of unbranched alkanes of at least 4 members (excludes halogenated alkanes) is 1. The average molecular weight is 645 g/mol. The van der Waals surface area contributed by atoms with Crippen LogP contribution in [0.5, 0.6) is 0 Å². The molecule has 0 aliphatic carbocycles. The molecule has 0 radical (unpaired) electrons. The van der Waals surface area contributed by atoms with E-state index >= 15 is 0 Å². The van der Waals surface area contributed by atoms with Crippen LogP contribution in [0.4, 0.5) is 10.5 Å². The van der Waals surface area contributed by atoms with Gasteiger partial charge >= 0.3 is 6.09 Å². The number of nitrogens with one attached hydrogen (secondary N) is 2. The standard InChI is InChI=1S/C37H52N6O4/c1-35(2,3)32(44)28(39-37(7,8)9)19-14-15-21-38-34(46)47-23-22-43-31-26-17-11-10-16-25(26)24-42(33(45)36(4,5)6)29-20-13-12-18-27(29)30(31)40-41-43/h10-13,16-18,20,28,39H,14-15,19,21-24H2,1-9H3,(H,38,46). The number of hydrogen-bond acceptors (Lipinski definition) is 7. The maximum Gasteiger partial charge on any atom is 0.407 e. The van der Waals surface area contributed by atoms with Gasteiger partial charge in [-0.05, 0) is 51.7 Å². The Kier molecular flexibility index (Phi) is 11.0. The average Bonchev–Trinajstić information content (AvgIpc) is 3.39. The summed E-state index contributed by atoms with van der Waals surface area (Å²) in [6.45, 7) is 19.1. The van der Waals surface area contributed by atoms with Gasteiger partial charge in [0.25, 0.3) is 0 Å². The van der Waals surface area contributed by atoms with Gasteiger partial charge in [0.1, 0.15) is 12.3 Å². The van der Waals surface area contributed by atoms with Crippen molar-refractivity contribution < 1.29 is 19.1 Å². The van der Waals surface area contributed by atoms with Gasteiger partial charge in [-0.2, -0.15) is 0 Å². The van der Waals surface area contributed by atoms with E-state index in [1.807, 2.05) is 95.0 Å². The van der Waals surface area contributed by atoms with Crippen molar-refractivity contribution in [3.05, 3.63) is 54.1 Å². The number of amides is 2. The SMILES string of the molecule is CC(C)(C)NC(CCCCNC(=O)OCCn1nnc2c1-c1ccccc1CN(C(=O)C(C)(C)C)c1ccccc1-2)C(=O)C(C)(C)C. The molecule has 1 aliphatic rings. The van der Waals surface area contributed by atoms with E-state index in [1.54, 1.807) is 4.68 Å². The highest BCUT2D eigenvalue weighted by Gasteiger charge is 2.34. The Morgan fingerprint density at radius 1 is 0.872 bits per heavy atom. The zero-order valence-corrected chi connectivity index (χ0v) is 29.6. The molecular weight excluding hydrogens is 592 g/mol. The van der Waals surface area contributed by atoms with Gasteiger partial charge in [-0.15, -0.1) is 5.10 Å². The van der Waals surface area contributed by atoms with Crippen LogP contribution in [0.15, 0.2) is 48.5 Å². The second kappa shape index (κ2) is 14.4. The first-order valence-corrected chi connectivity index (χ1v) is 16.6. The number of carbonyl (C=O) groups excluding carboxylic acids is 3. The second-order valence-electron chi connectivity index (χ2n) is 15.4. The molecule has 0 fully saturated rings. The van der Waals surface area contributed by atoms with E-state index in [1.165, 1.54) is 0 Å². The molecule has 254 valence electrons. The van der Waals surface area contributed by atoms with Gasteiger partial charge in [0.05, 0.1) is 30.5 Å². The number of benzene rings is 2. The fourth-order valence-electron chi connectivity index (χ4n) is 5.81. The molecule has 3 aromatic rings. The highest BCUT2D eigenvalue weighted by Crippen LogP contribution is 2.42. The number of carbonyl (C=O) groups is 3. The minimum Gasteiger partial charge on any atom is -0.448 e. The van der Waals surface area contributed by atoms with Crippen LogP contribution in [0.25, 0.3) is 22.5 Å². The van der Waals surface area contributed by atoms with Crippen LogP contribution in [0.1, 0.15) is 87.1 Å². The lowest BCUT2D eigenvalue weighted by Crippen LogP contribution is -2.50. The van der Waals surface area contributed by atoms with E-state index in [4.69, 9.17) is 4.74 Å². The number of ether oxygens (including phenoxy) is 1. The monoisotopic (exact) mass is 644 g/mol. The summed E-state index contributed by atoms with van der Waals surface area (Å²) in [7, 11) is 0. The second-order valence-corrected chi connectivity index (χ2v) is 15.4. The van der Waals surface area contributed by atoms with E-state index in [-0.39, 0.29) is 29.9 Å². The summed E-state index contributed by atoms with van der Waals surface area (Å²) in [6.07, 6.45) is 1.73. The maximum absolute atomic E-state index is 13.6. The largest absolute Gasteiger partial charge is 0.448 e. The van der Waals surface area contributed by atoms with Gasteiger partial charge in [-0.3, -0.25) is 9.59 Å². The lowest BCUT2D eigenvalue weighted by Gasteiger charge is -2.33. The highest BCUT2D eigenvalue weighted by molar-refractivity contribution is 6.02. The molecule has 1 unspecified atom stereocenters. The molecule has 2 heterocycles. The van der Waals surface area contributed by atoms with Gasteiger partial charge < -0.3 is 20.3 Å².